The van der Waals surface area contributed by atoms with E-state index in [1.54, 1.807) is 13.0 Å². The standard InChI is InChI=1S/C6H15O9P3/c1-3-4-6(2)5-16(7,8)14-18(12,13)15-17(9,10)11/h4H,3,5H2,1-2H3,(H,7,8)(H,12,13)(H2,9,10,11)/b6-4+. The van der Waals surface area contributed by atoms with Gasteiger partial charge in [0, 0.05) is 0 Å². The molecule has 0 aliphatic rings. The van der Waals surface area contributed by atoms with Gasteiger partial charge in [0.25, 0.3) is 0 Å². The number of hydrogen-bond acceptors (Lipinski definition) is 5. The van der Waals surface area contributed by atoms with Crippen molar-refractivity contribution in [1.29, 1.82) is 0 Å². The highest BCUT2D eigenvalue weighted by atomic mass is 31.3. The van der Waals surface area contributed by atoms with Crippen LogP contribution in [0.25, 0.3) is 0 Å². The average Bonchev–Trinajstić information content (AvgIpc) is 1.93. The lowest BCUT2D eigenvalue weighted by Crippen LogP contribution is -1.97. The molecule has 0 amide bonds. The molecule has 9 nitrogen and oxygen atoms in total. The third-order valence-electron chi connectivity index (χ3n) is 1.44. The van der Waals surface area contributed by atoms with E-state index in [-0.39, 0.29) is 0 Å². The molecule has 0 heterocycles. The molecule has 0 saturated heterocycles. The van der Waals surface area contributed by atoms with Crippen molar-refractivity contribution in [2.24, 2.45) is 0 Å². The summed E-state index contributed by atoms with van der Waals surface area (Å²) < 4.78 is 40.1. The van der Waals surface area contributed by atoms with Crippen LogP contribution in [0.4, 0.5) is 0 Å². The minimum absolute atomic E-state index is 0.430. The third kappa shape index (κ3) is 9.16. The number of hydrogen-bond donors (Lipinski definition) is 4. The molecule has 2 unspecified atom stereocenters. The Morgan fingerprint density at radius 1 is 1.11 bits per heavy atom. The quantitative estimate of drug-likeness (QED) is 0.405. The summed E-state index contributed by atoms with van der Waals surface area (Å²) in [5, 5.41) is 0. The maximum Gasteiger partial charge on any atom is 0.488 e. The zero-order valence-electron chi connectivity index (χ0n) is 9.66. The van der Waals surface area contributed by atoms with Gasteiger partial charge in [-0.15, -0.1) is 0 Å². The molecule has 18 heavy (non-hydrogen) atoms. The second-order valence-electron chi connectivity index (χ2n) is 3.38. The van der Waals surface area contributed by atoms with E-state index < -0.39 is 29.4 Å². The van der Waals surface area contributed by atoms with Crippen molar-refractivity contribution in [3.8, 4) is 0 Å². The first-order valence-corrected chi connectivity index (χ1v) is 9.44. The molecule has 0 aromatic heterocycles. The van der Waals surface area contributed by atoms with Crippen LogP contribution in [0, 0.1) is 0 Å². The average molecular weight is 324 g/mol. The fourth-order valence-corrected chi connectivity index (χ4v) is 4.81. The van der Waals surface area contributed by atoms with E-state index in [0.717, 1.165) is 0 Å². The lowest BCUT2D eigenvalue weighted by molar-refractivity contribution is 0.223. The molecule has 2 atom stereocenters. The van der Waals surface area contributed by atoms with E-state index in [0.29, 0.717) is 12.0 Å². The van der Waals surface area contributed by atoms with Crippen LogP contribution in [0.2, 0.25) is 0 Å². The summed E-state index contributed by atoms with van der Waals surface area (Å²) in [6, 6.07) is 0. The van der Waals surface area contributed by atoms with E-state index >= 15 is 0 Å². The van der Waals surface area contributed by atoms with E-state index in [4.69, 9.17) is 14.7 Å². The molecule has 108 valence electrons. The Hall–Kier alpha value is 0.190. The van der Waals surface area contributed by atoms with Gasteiger partial charge in [-0.2, -0.15) is 4.31 Å². The molecule has 0 fully saturated rings. The molecule has 0 aliphatic heterocycles. The Balaban J connectivity index is 4.77. The summed E-state index contributed by atoms with van der Waals surface area (Å²) in [6.45, 7) is 3.28. The molecule has 0 saturated carbocycles. The highest BCUT2D eigenvalue weighted by Gasteiger charge is 2.39. The summed E-state index contributed by atoms with van der Waals surface area (Å²) in [5.41, 5.74) is 0.430. The fourth-order valence-electron chi connectivity index (χ4n) is 1.07. The van der Waals surface area contributed by atoms with Gasteiger partial charge in [0.05, 0.1) is 6.16 Å². The van der Waals surface area contributed by atoms with Gasteiger partial charge >= 0.3 is 23.2 Å². The molecular formula is C6H15O9P3. The molecule has 0 aliphatic carbocycles. The first kappa shape index (κ1) is 18.2. The van der Waals surface area contributed by atoms with Crippen molar-refractivity contribution in [3.63, 3.8) is 0 Å². The Morgan fingerprint density at radius 3 is 2.00 bits per heavy atom. The van der Waals surface area contributed by atoms with Gasteiger partial charge < -0.3 is 19.6 Å². The molecule has 0 rings (SSSR count). The van der Waals surface area contributed by atoms with Gasteiger partial charge in [-0.3, -0.25) is 4.57 Å². The molecule has 12 heteroatoms. The van der Waals surface area contributed by atoms with Gasteiger partial charge in [-0.05, 0) is 13.3 Å². The number of phosphoric acid groups is 2. The Kier molecular flexibility index (Phi) is 6.64. The maximum atomic E-state index is 11.4. The summed E-state index contributed by atoms with van der Waals surface area (Å²) in [5.74, 6) is 0. The van der Waals surface area contributed by atoms with Crippen LogP contribution < -0.4 is 0 Å². The van der Waals surface area contributed by atoms with Crippen LogP contribution in [-0.2, 0) is 22.3 Å². The van der Waals surface area contributed by atoms with E-state index in [1.807, 2.05) is 0 Å². The largest absolute Gasteiger partial charge is 0.488 e. The summed E-state index contributed by atoms with van der Waals surface area (Å²) in [4.78, 5) is 34.8. The van der Waals surface area contributed by atoms with Crippen molar-refractivity contribution in [2.45, 2.75) is 20.3 Å². The minimum atomic E-state index is -5.31. The van der Waals surface area contributed by atoms with Crippen LogP contribution in [-0.4, -0.2) is 25.7 Å². The van der Waals surface area contributed by atoms with Crippen molar-refractivity contribution in [3.05, 3.63) is 11.6 Å². The number of allylic oxidation sites excluding steroid dienone is 2. The first-order valence-electron chi connectivity index (χ1n) is 4.65. The van der Waals surface area contributed by atoms with Gasteiger partial charge in [0.2, 0.25) is 0 Å². The van der Waals surface area contributed by atoms with E-state index in [2.05, 4.69) is 8.62 Å². The first-order chi connectivity index (χ1) is 7.87. The number of rotatable bonds is 7. The highest BCUT2D eigenvalue weighted by molar-refractivity contribution is 7.68. The Bertz CT molecular complexity index is 449. The van der Waals surface area contributed by atoms with Crippen molar-refractivity contribution < 1.29 is 41.9 Å². The van der Waals surface area contributed by atoms with Gasteiger partial charge in [0.15, 0.2) is 0 Å². The maximum absolute atomic E-state index is 11.4. The van der Waals surface area contributed by atoms with Crippen LogP contribution in [0.1, 0.15) is 20.3 Å². The molecule has 0 radical (unpaired) electrons. The summed E-state index contributed by atoms with van der Waals surface area (Å²) in [7, 11) is -15.2. The smallest absolute Gasteiger partial charge is 0.324 e. The predicted octanol–water partition coefficient (Wildman–Crippen LogP) is 1.75. The van der Waals surface area contributed by atoms with Crippen LogP contribution in [0.3, 0.4) is 0 Å². The highest BCUT2D eigenvalue weighted by Crippen LogP contribution is 2.66. The monoisotopic (exact) mass is 324 g/mol. The van der Waals surface area contributed by atoms with Crippen LogP contribution in [0.5, 0.6) is 0 Å². The normalized spacial score (nSPS) is 20.2. The zero-order valence-corrected chi connectivity index (χ0v) is 12.3. The van der Waals surface area contributed by atoms with Gasteiger partial charge in [-0.1, -0.05) is 18.6 Å². The molecule has 0 bridgehead atoms. The minimum Gasteiger partial charge on any atom is -0.324 e. The lowest BCUT2D eigenvalue weighted by Gasteiger charge is -2.16. The fraction of sp³-hybridized carbons (Fsp3) is 0.667. The van der Waals surface area contributed by atoms with Gasteiger partial charge in [0.1, 0.15) is 0 Å². The summed E-state index contributed by atoms with van der Waals surface area (Å²) in [6.07, 6.45) is 1.63. The topological polar surface area (TPSA) is 151 Å². The second-order valence-corrected chi connectivity index (χ2v) is 8.19. The zero-order chi connectivity index (χ0) is 14.6. The lowest BCUT2D eigenvalue weighted by atomic mass is 10.3. The van der Waals surface area contributed by atoms with E-state index in [1.165, 1.54) is 6.92 Å². The molecular weight excluding hydrogens is 309 g/mol. The van der Waals surface area contributed by atoms with Crippen molar-refractivity contribution in [2.75, 3.05) is 6.16 Å². The predicted molar refractivity (Wildman–Crippen MR) is 62.8 cm³/mol. The second kappa shape index (κ2) is 6.57. The third-order valence-corrected chi connectivity index (χ3v) is 5.86. The molecule has 0 spiro atoms. The van der Waals surface area contributed by atoms with Gasteiger partial charge in [-0.25, -0.2) is 13.4 Å². The molecule has 0 aromatic carbocycles. The Labute approximate surface area is 104 Å². The van der Waals surface area contributed by atoms with Crippen molar-refractivity contribution in [1.82, 2.24) is 0 Å². The molecule has 4 N–H and O–H groups in total. The van der Waals surface area contributed by atoms with E-state index in [9.17, 15) is 18.6 Å². The molecule has 0 aromatic rings. The van der Waals surface area contributed by atoms with Crippen LogP contribution in [0.15, 0.2) is 11.6 Å². The summed E-state index contributed by atoms with van der Waals surface area (Å²) >= 11 is 0. The Morgan fingerprint density at radius 2 is 1.61 bits per heavy atom. The van der Waals surface area contributed by atoms with Crippen LogP contribution >= 0.6 is 23.2 Å². The van der Waals surface area contributed by atoms with Crippen molar-refractivity contribution >= 4 is 23.2 Å². The SMILES string of the molecule is CC/C=C(\C)CP(=O)(O)OP(=O)(O)OP(=O)(O)O.